The summed E-state index contributed by atoms with van der Waals surface area (Å²) in [5.74, 6) is 0. The molecule has 0 amide bonds. The molecule has 0 atom stereocenters. The standard InChI is InChI=1S/C4H3F3N2S/c5-4(6,7)10-3-1-8-2-9-3/h1-2H,(H,8,9). The summed E-state index contributed by atoms with van der Waals surface area (Å²) in [4.78, 5) is 5.76. The van der Waals surface area contributed by atoms with Crippen LogP contribution in [0.25, 0.3) is 0 Å². The number of aromatic nitrogens is 2. The van der Waals surface area contributed by atoms with E-state index in [9.17, 15) is 13.2 Å². The van der Waals surface area contributed by atoms with Crippen molar-refractivity contribution in [3.05, 3.63) is 12.5 Å². The maximum Gasteiger partial charge on any atom is 0.447 e. The van der Waals surface area contributed by atoms with Crippen LogP contribution >= 0.6 is 11.8 Å². The second kappa shape index (κ2) is 2.53. The van der Waals surface area contributed by atoms with Crippen molar-refractivity contribution < 1.29 is 13.2 Å². The Morgan fingerprint density at radius 3 is 2.60 bits per heavy atom. The molecule has 0 saturated carbocycles. The monoisotopic (exact) mass is 168 g/mol. The van der Waals surface area contributed by atoms with Crippen LogP contribution in [0, 0.1) is 0 Å². The Morgan fingerprint density at radius 2 is 2.20 bits per heavy atom. The molecule has 2 nitrogen and oxygen atoms in total. The van der Waals surface area contributed by atoms with Crippen molar-refractivity contribution in [2.24, 2.45) is 0 Å². The molecular weight excluding hydrogens is 165 g/mol. The van der Waals surface area contributed by atoms with Gasteiger partial charge in [0.1, 0.15) is 5.03 Å². The fourth-order valence-corrected chi connectivity index (χ4v) is 0.898. The van der Waals surface area contributed by atoms with Crippen LogP contribution in [-0.2, 0) is 0 Å². The summed E-state index contributed by atoms with van der Waals surface area (Å²) in [7, 11) is 0. The van der Waals surface area contributed by atoms with Crippen LogP contribution in [0.1, 0.15) is 0 Å². The molecule has 0 bridgehead atoms. The highest BCUT2D eigenvalue weighted by Crippen LogP contribution is 2.35. The molecule has 1 rings (SSSR count). The van der Waals surface area contributed by atoms with Gasteiger partial charge in [0.05, 0.1) is 12.5 Å². The van der Waals surface area contributed by atoms with Crippen LogP contribution in [0.15, 0.2) is 17.6 Å². The van der Waals surface area contributed by atoms with Crippen molar-refractivity contribution in [2.45, 2.75) is 10.5 Å². The van der Waals surface area contributed by atoms with Gasteiger partial charge in [0, 0.05) is 11.8 Å². The first kappa shape index (κ1) is 7.46. The molecule has 0 fully saturated rings. The predicted molar refractivity (Wildman–Crippen MR) is 30.5 cm³/mol. The first-order valence-electron chi connectivity index (χ1n) is 2.32. The lowest BCUT2D eigenvalue weighted by molar-refractivity contribution is -0.0329. The van der Waals surface area contributed by atoms with Crippen LogP contribution in [0.2, 0.25) is 0 Å². The second-order valence-corrected chi connectivity index (χ2v) is 2.57. The summed E-state index contributed by atoms with van der Waals surface area (Å²) < 4.78 is 34.6. The maximum absolute atomic E-state index is 11.5. The summed E-state index contributed by atoms with van der Waals surface area (Å²) in [6.45, 7) is 0. The highest BCUT2D eigenvalue weighted by molar-refractivity contribution is 8.00. The number of nitrogens with zero attached hydrogens (tertiary/aromatic N) is 1. The molecule has 0 radical (unpaired) electrons. The minimum absolute atomic E-state index is 0.00694. The van der Waals surface area contributed by atoms with Gasteiger partial charge in [0.2, 0.25) is 0 Å². The Kier molecular flexibility index (Phi) is 1.89. The fraction of sp³-hybridized carbons (Fsp3) is 0.250. The first-order chi connectivity index (χ1) is 4.58. The van der Waals surface area contributed by atoms with E-state index in [1.807, 2.05) is 0 Å². The summed E-state index contributed by atoms with van der Waals surface area (Å²) in [6, 6.07) is 0. The summed E-state index contributed by atoms with van der Waals surface area (Å²) in [5.41, 5.74) is -4.23. The van der Waals surface area contributed by atoms with Crippen LogP contribution in [-0.4, -0.2) is 15.5 Å². The lowest BCUT2D eigenvalue weighted by Crippen LogP contribution is -1.98. The number of nitrogens with one attached hydrogen (secondary N) is 1. The highest BCUT2D eigenvalue weighted by atomic mass is 32.2. The summed E-state index contributed by atoms with van der Waals surface area (Å²) in [6.07, 6.45) is 2.33. The molecule has 56 valence electrons. The maximum atomic E-state index is 11.5. The van der Waals surface area contributed by atoms with Gasteiger partial charge in [-0.1, -0.05) is 0 Å². The molecule has 0 unspecified atom stereocenters. The van der Waals surface area contributed by atoms with Crippen molar-refractivity contribution in [3.8, 4) is 0 Å². The second-order valence-electron chi connectivity index (χ2n) is 1.46. The number of H-pyrrole nitrogens is 1. The van der Waals surface area contributed by atoms with Gasteiger partial charge in [0.15, 0.2) is 0 Å². The van der Waals surface area contributed by atoms with E-state index in [2.05, 4.69) is 9.97 Å². The molecule has 10 heavy (non-hydrogen) atoms. The molecule has 0 aliphatic heterocycles. The quantitative estimate of drug-likeness (QED) is 0.650. The number of hydrogen-bond acceptors (Lipinski definition) is 2. The van der Waals surface area contributed by atoms with Crippen molar-refractivity contribution in [1.29, 1.82) is 0 Å². The molecule has 0 aromatic carbocycles. The first-order valence-corrected chi connectivity index (χ1v) is 3.14. The van der Waals surface area contributed by atoms with Gasteiger partial charge in [-0.3, -0.25) is 0 Å². The normalized spacial score (nSPS) is 11.9. The van der Waals surface area contributed by atoms with Crippen LogP contribution < -0.4 is 0 Å². The molecule has 0 aliphatic carbocycles. The third kappa shape index (κ3) is 2.30. The average Bonchev–Trinajstić information content (AvgIpc) is 2.12. The van der Waals surface area contributed by atoms with Gasteiger partial charge in [0.25, 0.3) is 0 Å². The number of thioether (sulfide) groups is 1. The van der Waals surface area contributed by atoms with E-state index >= 15 is 0 Å². The Morgan fingerprint density at radius 1 is 1.50 bits per heavy atom. The van der Waals surface area contributed by atoms with Crippen molar-refractivity contribution in [3.63, 3.8) is 0 Å². The molecular formula is C4H3F3N2S. The van der Waals surface area contributed by atoms with E-state index in [0.717, 1.165) is 6.20 Å². The zero-order valence-corrected chi connectivity index (χ0v) is 5.46. The molecule has 1 N–H and O–H groups in total. The van der Waals surface area contributed by atoms with E-state index in [1.165, 1.54) is 6.33 Å². The van der Waals surface area contributed by atoms with Gasteiger partial charge in [-0.25, -0.2) is 4.98 Å². The molecule has 1 heterocycles. The highest BCUT2D eigenvalue weighted by Gasteiger charge is 2.29. The number of rotatable bonds is 1. The van der Waals surface area contributed by atoms with Gasteiger partial charge in [-0.15, -0.1) is 0 Å². The number of imidazole rings is 1. The van der Waals surface area contributed by atoms with Crippen LogP contribution in [0.5, 0.6) is 0 Å². The Labute approximate surface area is 58.8 Å². The van der Waals surface area contributed by atoms with Crippen molar-refractivity contribution in [1.82, 2.24) is 9.97 Å². The lowest BCUT2D eigenvalue weighted by Gasteiger charge is -2.00. The van der Waals surface area contributed by atoms with Crippen molar-refractivity contribution in [2.75, 3.05) is 0 Å². The Bertz CT molecular complexity index is 193. The van der Waals surface area contributed by atoms with Crippen molar-refractivity contribution >= 4 is 11.8 Å². The molecule has 0 aliphatic rings. The van der Waals surface area contributed by atoms with Gasteiger partial charge in [-0.2, -0.15) is 13.2 Å². The molecule has 1 aromatic heterocycles. The van der Waals surface area contributed by atoms with Crippen LogP contribution in [0.3, 0.4) is 0 Å². The van der Waals surface area contributed by atoms with E-state index in [1.54, 1.807) is 0 Å². The van der Waals surface area contributed by atoms with Gasteiger partial charge < -0.3 is 4.98 Å². The third-order valence-electron chi connectivity index (χ3n) is 0.699. The van der Waals surface area contributed by atoms with E-state index in [-0.39, 0.29) is 16.8 Å². The van der Waals surface area contributed by atoms with E-state index < -0.39 is 5.51 Å². The smallest absolute Gasteiger partial charge is 0.340 e. The Hall–Kier alpha value is -0.650. The van der Waals surface area contributed by atoms with Gasteiger partial charge in [-0.05, 0) is 0 Å². The minimum atomic E-state index is -4.23. The zero-order valence-electron chi connectivity index (χ0n) is 4.64. The number of aromatic amines is 1. The summed E-state index contributed by atoms with van der Waals surface area (Å²) in [5, 5.41) is 0.00694. The number of alkyl halides is 3. The number of hydrogen-bond donors (Lipinski definition) is 1. The SMILES string of the molecule is FC(F)(F)Sc1cnc[nH]1. The molecule has 0 spiro atoms. The van der Waals surface area contributed by atoms with Gasteiger partial charge >= 0.3 is 5.51 Å². The Balaban J connectivity index is 2.57. The zero-order chi connectivity index (χ0) is 7.61. The largest absolute Gasteiger partial charge is 0.447 e. The average molecular weight is 168 g/mol. The minimum Gasteiger partial charge on any atom is -0.340 e. The van der Waals surface area contributed by atoms with E-state index in [4.69, 9.17) is 0 Å². The molecule has 6 heteroatoms. The number of halogens is 3. The third-order valence-corrected chi connectivity index (χ3v) is 1.37. The fourth-order valence-electron chi connectivity index (χ4n) is 0.424. The van der Waals surface area contributed by atoms with Crippen LogP contribution in [0.4, 0.5) is 13.2 Å². The van der Waals surface area contributed by atoms with E-state index in [0.29, 0.717) is 0 Å². The lowest BCUT2D eigenvalue weighted by atomic mass is 11.0. The predicted octanol–water partition coefficient (Wildman–Crippen LogP) is 2.02. The topological polar surface area (TPSA) is 28.7 Å². The molecule has 0 saturated heterocycles. The summed E-state index contributed by atoms with van der Waals surface area (Å²) >= 11 is -0.211. The molecule has 1 aromatic rings.